The van der Waals surface area contributed by atoms with Crippen LogP contribution in [-0.4, -0.2) is 28.7 Å². The van der Waals surface area contributed by atoms with Gasteiger partial charge in [0.1, 0.15) is 0 Å². The predicted octanol–water partition coefficient (Wildman–Crippen LogP) is 3.27. The first kappa shape index (κ1) is 23.0. The third-order valence-corrected chi connectivity index (χ3v) is 2.16. The van der Waals surface area contributed by atoms with E-state index in [0.717, 1.165) is 6.54 Å². The van der Waals surface area contributed by atoms with Gasteiger partial charge in [-0.3, -0.25) is 9.59 Å². The van der Waals surface area contributed by atoms with E-state index in [1.165, 1.54) is 38.5 Å². The zero-order chi connectivity index (χ0) is 15.5. The van der Waals surface area contributed by atoms with E-state index < -0.39 is 11.9 Å². The molecule has 5 nitrogen and oxygen atoms in total. The highest BCUT2D eigenvalue weighted by molar-refractivity contribution is 5.66. The van der Waals surface area contributed by atoms with Crippen LogP contribution >= 0.6 is 0 Å². The van der Waals surface area contributed by atoms with Crippen LogP contribution in [0.15, 0.2) is 0 Å². The molecular formula is C14H31NO4. The minimum absolute atomic E-state index is 0.222. The Balaban J connectivity index is -0.000000219. The lowest BCUT2D eigenvalue weighted by Gasteiger charge is -1.96. The van der Waals surface area contributed by atoms with E-state index >= 15 is 0 Å². The molecule has 0 aromatic rings. The molecule has 116 valence electrons. The van der Waals surface area contributed by atoms with Gasteiger partial charge in [0.05, 0.1) is 0 Å². The van der Waals surface area contributed by atoms with Gasteiger partial charge in [-0.1, -0.05) is 52.9 Å². The first-order chi connectivity index (χ1) is 8.95. The highest BCUT2D eigenvalue weighted by atomic mass is 16.4. The van der Waals surface area contributed by atoms with Crippen molar-refractivity contribution in [3.05, 3.63) is 0 Å². The smallest absolute Gasteiger partial charge is 0.303 e. The lowest BCUT2D eigenvalue weighted by atomic mass is 10.1. The molecule has 0 heterocycles. The van der Waals surface area contributed by atoms with Crippen LogP contribution in [-0.2, 0) is 9.59 Å². The largest absolute Gasteiger partial charge is 0.481 e. The third kappa shape index (κ3) is 47.4. The highest BCUT2D eigenvalue weighted by Gasteiger charge is 1.86. The molecule has 0 spiro atoms. The SMILES string of the molecule is CCC(=O)O.CCC(=O)O.CCCCCCCCN. The third-order valence-electron chi connectivity index (χ3n) is 2.16. The van der Waals surface area contributed by atoms with Crippen molar-refractivity contribution in [3.63, 3.8) is 0 Å². The quantitative estimate of drug-likeness (QED) is 0.591. The van der Waals surface area contributed by atoms with Crippen molar-refractivity contribution in [2.45, 2.75) is 72.1 Å². The van der Waals surface area contributed by atoms with Crippen molar-refractivity contribution in [3.8, 4) is 0 Å². The van der Waals surface area contributed by atoms with Gasteiger partial charge < -0.3 is 15.9 Å². The monoisotopic (exact) mass is 277 g/mol. The van der Waals surface area contributed by atoms with Gasteiger partial charge in [0.2, 0.25) is 0 Å². The van der Waals surface area contributed by atoms with Gasteiger partial charge in [-0.15, -0.1) is 0 Å². The van der Waals surface area contributed by atoms with Crippen molar-refractivity contribution in [1.82, 2.24) is 0 Å². The number of carbonyl (C=O) groups is 2. The number of aliphatic carboxylic acids is 2. The van der Waals surface area contributed by atoms with E-state index in [0.29, 0.717) is 0 Å². The van der Waals surface area contributed by atoms with Crippen molar-refractivity contribution >= 4 is 11.9 Å². The van der Waals surface area contributed by atoms with Gasteiger partial charge in [-0.2, -0.15) is 0 Å². The first-order valence-electron chi connectivity index (χ1n) is 7.09. The summed E-state index contributed by atoms with van der Waals surface area (Å²) >= 11 is 0. The Labute approximate surface area is 117 Å². The van der Waals surface area contributed by atoms with Crippen LogP contribution < -0.4 is 5.73 Å². The minimum Gasteiger partial charge on any atom is -0.481 e. The Hall–Kier alpha value is -1.10. The molecule has 0 amide bonds. The van der Waals surface area contributed by atoms with Crippen LogP contribution in [0.4, 0.5) is 0 Å². The van der Waals surface area contributed by atoms with Gasteiger partial charge in [0.25, 0.3) is 0 Å². The van der Waals surface area contributed by atoms with E-state index in [-0.39, 0.29) is 12.8 Å². The number of carboxylic acids is 2. The van der Waals surface area contributed by atoms with Gasteiger partial charge >= 0.3 is 11.9 Å². The van der Waals surface area contributed by atoms with Crippen molar-refractivity contribution < 1.29 is 19.8 Å². The summed E-state index contributed by atoms with van der Waals surface area (Å²) in [6.07, 6.45) is 8.49. The Kier molecular flexibility index (Phi) is 26.8. The Morgan fingerprint density at radius 3 is 1.37 bits per heavy atom. The second-order valence-corrected chi connectivity index (χ2v) is 4.05. The molecule has 0 rings (SSSR count). The number of unbranched alkanes of at least 4 members (excludes halogenated alkanes) is 5. The minimum atomic E-state index is -0.745. The van der Waals surface area contributed by atoms with Gasteiger partial charge in [0, 0.05) is 12.8 Å². The maximum Gasteiger partial charge on any atom is 0.303 e. The average molecular weight is 277 g/mol. The highest BCUT2D eigenvalue weighted by Crippen LogP contribution is 2.03. The molecule has 0 aliphatic carbocycles. The van der Waals surface area contributed by atoms with Crippen molar-refractivity contribution in [2.75, 3.05) is 6.54 Å². The summed E-state index contributed by atoms with van der Waals surface area (Å²) in [7, 11) is 0. The predicted molar refractivity (Wildman–Crippen MR) is 78.3 cm³/mol. The van der Waals surface area contributed by atoms with Crippen molar-refractivity contribution in [2.24, 2.45) is 5.73 Å². The number of hydrogen-bond acceptors (Lipinski definition) is 3. The van der Waals surface area contributed by atoms with Crippen LogP contribution in [0.1, 0.15) is 72.1 Å². The van der Waals surface area contributed by atoms with E-state index in [9.17, 15) is 9.59 Å². The number of hydrogen-bond donors (Lipinski definition) is 3. The van der Waals surface area contributed by atoms with Gasteiger partial charge in [-0.25, -0.2) is 0 Å². The van der Waals surface area contributed by atoms with E-state index in [1.807, 2.05) is 0 Å². The van der Waals surface area contributed by atoms with Crippen molar-refractivity contribution in [1.29, 1.82) is 0 Å². The fraction of sp³-hybridized carbons (Fsp3) is 0.857. The molecule has 0 saturated heterocycles. The van der Waals surface area contributed by atoms with Gasteiger partial charge in [0.15, 0.2) is 0 Å². The molecule has 4 N–H and O–H groups in total. The molecule has 19 heavy (non-hydrogen) atoms. The average Bonchev–Trinajstić information content (AvgIpc) is 2.40. The molecule has 0 aliphatic rings. The first-order valence-corrected chi connectivity index (χ1v) is 7.09. The van der Waals surface area contributed by atoms with Crippen LogP contribution in [0.3, 0.4) is 0 Å². The molecule has 0 aliphatic heterocycles. The fourth-order valence-corrected chi connectivity index (χ4v) is 0.925. The summed E-state index contributed by atoms with van der Waals surface area (Å²) in [5.41, 5.74) is 5.34. The van der Waals surface area contributed by atoms with Crippen LogP contribution in [0.2, 0.25) is 0 Å². The Morgan fingerprint density at radius 2 is 1.11 bits per heavy atom. The summed E-state index contributed by atoms with van der Waals surface area (Å²) in [5, 5.41) is 15.4. The Morgan fingerprint density at radius 1 is 0.789 bits per heavy atom. The van der Waals surface area contributed by atoms with Crippen LogP contribution in [0, 0.1) is 0 Å². The zero-order valence-electron chi connectivity index (χ0n) is 12.7. The van der Waals surface area contributed by atoms with E-state index in [2.05, 4.69) is 6.92 Å². The molecule has 0 unspecified atom stereocenters. The molecule has 0 atom stereocenters. The molecule has 5 heteroatoms. The normalized spacial score (nSPS) is 8.63. The lowest BCUT2D eigenvalue weighted by Crippen LogP contribution is -1.97. The second-order valence-electron chi connectivity index (χ2n) is 4.05. The summed E-state index contributed by atoms with van der Waals surface area (Å²) in [6.45, 7) is 6.31. The topological polar surface area (TPSA) is 101 Å². The molecular weight excluding hydrogens is 246 g/mol. The maximum absolute atomic E-state index is 9.37. The standard InChI is InChI=1S/C8H19N.2C3H6O2/c1-2-3-4-5-6-7-8-9;2*1-2-3(4)5/h2-9H2,1H3;2*2H2,1H3,(H,4,5). The summed E-state index contributed by atoms with van der Waals surface area (Å²) in [5.74, 6) is -1.49. The molecule has 0 radical (unpaired) electrons. The number of carboxylic acid groups (broad SMARTS) is 2. The lowest BCUT2D eigenvalue weighted by molar-refractivity contribution is -0.137. The zero-order valence-corrected chi connectivity index (χ0v) is 12.7. The number of rotatable bonds is 8. The van der Waals surface area contributed by atoms with Crippen LogP contribution in [0.25, 0.3) is 0 Å². The second kappa shape index (κ2) is 22.1. The molecule has 0 aromatic carbocycles. The summed E-state index contributed by atoms with van der Waals surface area (Å²) < 4.78 is 0. The molecule has 0 aromatic heterocycles. The summed E-state index contributed by atoms with van der Waals surface area (Å²) in [6, 6.07) is 0. The van der Waals surface area contributed by atoms with Gasteiger partial charge in [-0.05, 0) is 13.0 Å². The van der Waals surface area contributed by atoms with Crippen LogP contribution in [0.5, 0.6) is 0 Å². The fourth-order valence-electron chi connectivity index (χ4n) is 0.925. The maximum atomic E-state index is 9.37. The number of nitrogens with two attached hydrogens (primary N) is 1. The van der Waals surface area contributed by atoms with E-state index in [4.69, 9.17) is 15.9 Å². The summed E-state index contributed by atoms with van der Waals surface area (Å²) in [4.78, 5) is 18.7. The Bertz CT molecular complexity index is 176. The molecule has 0 bridgehead atoms. The molecule has 0 fully saturated rings. The van der Waals surface area contributed by atoms with E-state index in [1.54, 1.807) is 13.8 Å². The molecule has 0 saturated carbocycles.